The molecule has 2 amide bonds. The van der Waals surface area contributed by atoms with E-state index in [2.05, 4.69) is 15.2 Å². The number of hydrogen-bond donors (Lipinski definition) is 1. The number of methoxy groups -OCH3 is 1. The number of carbonyl (C=O) groups is 3. The Labute approximate surface area is 203 Å². The standard InChI is InChI=1S/C26H26N4O5/c1-34-26(33)16-21-17-30(20-7-3-2-4-8-20)22-15-19(10-11-23(22)35-21)28-25(32)12-14-29(18-31)24-9-5-6-13-27-24/h2-11,13,15,18,21H,12,14,16-17H2,1H3,(H,28,32). The SMILES string of the molecule is COC(=O)CC1CN(c2ccccc2)c2cc(NC(=O)CCN(C=O)c3ccccn3)ccc2O1. The van der Waals surface area contributed by atoms with Crippen LogP contribution in [-0.2, 0) is 19.1 Å². The van der Waals surface area contributed by atoms with E-state index < -0.39 is 0 Å². The first-order valence-corrected chi connectivity index (χ1v) is 11.2. The fourth-order valence-electron chi connectivity index (χ4n) is 3.84. The Morgan fingerprint density at radius 3 is 2.69 bits per heavy atom. The maximum Gasteiger partial charge on any atom is 0.309 e. The van der Waals surface area contributed by atoms with Crippen molar-refractivity contribution >= 4 is 41.2 Å². The molecule has 2 aromatic carbocycles. The molecule has 0 radical (unpaired) electrons. The zero-order valence-electron chi connectivity index (χ0n) is 19.3. The number of nitrogens with zero attached hydrogens (tertiary/aromatic N) is 3. The number of pyridine rings is 1. The van der Waals surface area contributed by atoms with Gasteiger partial charge in [-0.1, -0.05) is 24.3 Å². The van der Waals surface area contributed by atoms with Gasteiger partial charge in [-0.05, 0) is 42.5 Å². The fraction of sp³-hybridized carbons (Fsp3) is 0.231. The Bertz CT molecular complexity index is 1170. The molecule has 3 aromatic rings. The average Bonchev–Trinajstić information content (AvgIpc) is 2.89. The minimum absolute atomic E-state index is 0.104. The van der Waals surface area contributed by atoms with Crippen LogP contribution in [0.5, 0.6) is 5.75 Å². The van der Waals surface area contributed by atoms with E-state index in [1.165, 1.54) is 12.0 Å². The first-order valence-electron chi connectivity index (χ1n) is 11.2. The molecule has 9 nitrogen and oxygen atoms in total. The Morgan fingerprint density at radius 2 is 1.97 bits per heavy atom. The quantitative estimate of drug-likeness (QED) is 0.374. The molecule has 1 aliphatic heterocycles. The summed E-state index contributed by atoms with van der Waals surface area (Å²) >= 11 is 0. The molecule has 0 bridgehead atoms. The molecular weight excluding hydrogens is 448 g/mol. The highest BCUT2D eigenvalue weighted by Crippen LogP contribution is 2.40. The van der Waals surface area contributed by atoms with Crippen LogP contribution >= 0.6 is 0 Å². The van der Waals surface area contributed by atoms with Crippen LogP contribution in [0.2, 0.25) is 0 Å². The second-order valence-electron chi connectivity index (χ2n) is 7.93. The van der Waals surface area contributed by atoms with E-state index in [1.807, 2.05) is 36.4 Å². The second kappa shape index (κ2) is 11.1. The van der Waals surface area contributed by atoms with Crippen molar-refractivity contribution in [3.63, 3.8) is 0 Å². The molecule has 0 fully saturated rings. The minimum atomic E-state index is -0.378. The van der Waals surface area contributed by atoms with E-state index in [-0.39, 0.29) is 37.4 Å². The fourth-order valence-corrected chi connectivity index (χ4v) is 3.84. The van der Waals surface area contributed by atoms with Crippen molar-refractivity contribution < 1.29 is 23.9 Å². The molecule has 0 saturated carbocycles. The topological polar surface area (TPSA) is 101 Å². The Hall–Kier alpha value is -4.40. The molecule has 2 heterocycles. The normalized spacial score (nSPS) is 14.3. The number of amides is 2. The highest BCUT2D eigenvalue weighted by molar-refractivity contribution is 5.93. The number of ether oxygens (including phenoxy) is 2. The lowest BCUT2D eigenvalue weighted by atomic mass is 10.1. The van der Waals surface area contributed by atoms with Crippen LogP contribution in [0.1, 0.15) is 12.8 Å². The molecule has 4 rings (SSSR count). The molecule has 1 atom stereocenters. The molecule has 0 saturated heterocycles. The van der Waals surface area contributed by atoms with Gasteiger partial charge >= 0.3 is 5.97 Å². The van der Waals surface area contributed by atoms with Crippen molar-refractivity contribution in [2.75, 3.05) is 35.3 Å². The van der Waals surface area contributed by atoms with Gasteiger partial charge in [0, 0.05) is 30.5 Å². The van der Waals surface area contributed by atoms with E-state index >= 15 is 0 Å². The number of hydrogen-bond acceptors (Lipinski definition) is 7. The van der Waals surface area contributed by atoms with Crippen LogP contribution in [0, 0.1) is 0 Å². The van der Waals surface area contributed by atoms with Crippen LogP contribution in [0.25, 0.3) is 0 Å². The summed E-state index contributed by atoms with van der Waals surface area (Å²) in [5.74, 6) is 0.514. The van der Waals surface area contributed by atoms with Gasteiger partial charge in [0.25, 0.3) is 0 Å². The van der Waals surface area contributed by atoms with Crippen LogP contribution in [-0.4, -0.2) is 49.6 Å². The summed E-state index contributed by atoms with van der Waals surface area (Å²) in [6.07, 6.45) is 2.11. The minimum Gasteiger partial charge on any atom is -0.486 e. The van der Waals surface area contributed by atoms with Crippen molar-refractivity contribution in [2.24, 2.45) is 0 Å². The molecule has 35 heavy (non-hydrogen) atoms. The van der Waals surface area contributed by atoms with E-state index in [1.54, 1.807) is 36.5 Å². The van der Waals surface area contributed by atoms with E-state index in [0.29, 0.717) is 30.2 Å². The van der Waals surface area contributed by atoms with Crippen LogP contribution in [0.15, 0.2) is 72.9 Å². The molecule has 9 heteroatoms. The highest BCUT2D eigenvalue weighted by atomic mass is 16.5. The number of nitrogens with one attached hydrogen (secondary N) is 1. The number of anilines is 4. The van der Waals surface area contributed by atoms with Crippen LogP contribution in [0.3, 0.4) is 0 Å². The summed E-state index contributed by atoms with van der Waals surface area (Å²) in [4.78, 5) is 43.5. The predicted octanol–water partition coefficient (Wildman–Crippen LogP) is 3.54. The van der Waals surface area contributed by atoms with Crippen LogP contribution < -0.4 is 19.9 Å². The van der Waals surface area contributed by atoms with Gasteiger partial charge in [-0.2, -0.15) is 0 Å². The average molecular weight is 475 g/mol. The van der Waals surface area contributed by atoms with Crippen molar-refractivity contribution in [2.45, 2.75) is 18.9 Å². The Kier molecular flexibility index (Phi) is 7.57. The van der Waals surface area contributed by atoms with Crippen molar-refractivity contribution in [1.82, 2.24) is 4.98 Å². The number of aromatic nitrogens is 1. The Morgan fingerprint density at radius 1 is 1.17 bits per heavy atom. The van der Waals surface area contributed by atoms with Crippen molar-refractivity contribution in [1.29, 1.82) is 0 Å². The zero-order chi connectivity index (χ0) is 24.6. The van der Waals surface area contributed by atoms with E-state index in [0.717, 1.165) is 11.4 Å². The van der Waals surface area contributed by atoms with Crippen molar-refractivity contribution in [3.8, 4) is 5.75 Å². The molecule has 1 aliphatic rings. The maximum absolute atomic E-state index is 12.6. The molecule has 180 valence electrons. The van der Waals surface area contributed by atoms with E-state index in [4.69, 9.17) is 9.47 Å². The first-order chi connectivity index (χ1) is 17.1. The van der Waals surface area contributed by atoms with Gasteiger partial charge in [0.1, 0.15) is 17.7 Å². The largest absolute Gasteiger partial charge is 0.486 e. The van der Waals surface area contributed by atoms with Gasteiger partial charge in [-0.15, -0.1) is 0 Å². The molecule has 1 N–H and O–H groups in total. The Balaban J connectivity index is 1.48. The molecule has 0 aliphatic carbocycles. The summed E-state index contributed by atoms with van der Waals surface area (Å²) in [5, 5.41) is 2.89. The zero-order valence-corrected chi connectivity index (χ0v) is 19.3. The lowest BCUT2D eigenvalue weighted by Crippen LogP contribution is -2.38. The van der Waals surface area contributed by atoms with Gasteiger partial charge in [0.15, 0.2) is 0 Å². The summed E-state index contributed by atoms with van der Waals surface area (Å²) < 4.78 is 10.9. The van der Waals surface area contributed by atoms with Gasteiger partial charge in [-0.3, -0.25) is 19.3 Å². The summed E-state index contributed by atoms with van der Waals surface area (Å²) in [6, 6.07) is 20.4. The highest BCUT2D eigenvalue weighted by Gasteiger charge is 2.29. The third-order valence-electron chi connectivity index (χ3n) is 5.55. The number of para-hydroxylation sites is 1. The summed E-state index contributed by atoms with van der Waals surface area (Å²) in [6.45, 7) is 0.646. The van der Waals surface area contributed by atoms with Gasteiger partial charge in [0.2, 0.25) is 12.3 Å². The van der Waals surface area contributed by atoms with Gasteiger partial charge in [0.05, 0.1) is 25.8 Å². The monoisotopic (exact) mass is 474 g/mol. The smallest absolute Gasteiger partial charge is 0.309 e. The summed E-state index contributed by atoms with van der Waals surface area (Å²) in [5.41, 5.74) is 2.31. The maximum atomic E-state index is 12.6. The lowest BCUT2D eigenvalue weighted by molar-refractivity contribution is -0.142. The van der Waals surface area contributed by atoms with Gasteiger partial charge < -0.3 is 19.7 Å². The second-order valence-corrected chi connectivity index (χ2v) is 7.93. The number of carbonyl (C=O) groups excluding carboxylic acids is 3. The molecule has 1 unspecified atom stereocenters. The predicted molar refractivity (Wildman–Crippen MR) is 132 cm³/mol. The molecule has 1 aromatic heterocycles. The number of benzene rings is 2. The van der Waals surface area contributed by atoms with E-state index in [9.17, 15) is 14.4 Å². The lowest BCUT2D eigenvalue weighted by Gasteiger charge is -2.36. The first kappa shape index (κ1) is 23.7. The number of esters is 1. The third-order valence-corrected chi connectivity index (χ3v) is 5.55. The van der Waals surface area contributed by atoms with Crippen molar-refractivity contribution in [3.05, 3.63) is 72.9 Å². The van der Waals surface area contributed by atoms with Crippen LogP contribution in [0.4, 0.5) is 22.9 Å². The molecular formula is C26H26N4O5. The number of rotatable bonds is 9. The summed E-state index contributed by atoms with van der Waals surface area (Å²) in [7, 11) is 1.35. The third kappa shape index (κ3) is 5.94. The number of fused-ring (bicyclic) bond motifs is 1. The molecule has 0 spiro atoms. The van der Waals surface area contributed by atoms with Gasteiger partial charge in [-0.25, -0.2) is 4.98 Å².